The average molecular weight is 881 g/mol. The standard InChI is InChI=1S/C22H23F2N3O5S.C20H23N3O4S/c23-20(24)21(29)25-14-19(28)17-8-6-16(7-9-17)15-27(18-4-2-1-3-5-18)22(30)26-10-12-33(31,32)13-11-26;21-14-19(24)17-8-6-16(7-9-17)15-23(18-4-2-1-3-5-18)20(25)22-10-12-28(26,27)13-11-22/h1-9,20H,10-15H2,(H,25,29);1-9H,10-15,21H2. The zero-order chi connectivity index (χ0) is 44.2. The predicted octanol–water partition coefficient (Wildman–Crippen LogP) is 3.79. The van der Waals surface area contributed by atoms with Gasteiger partial charge in [0.05, 0.1) is 49.2 Å². The van der Waals surface area contributed by atoms with Crippen molar-refractivity contribution in [2.45, 2.75) is 19.5 Å². The number of anilines is 2. The Morgan fingerprint density at radius 3 is 1.28 bits per heavy atom. The molecule has 2 saturated heterocycles. The van der Waals surface area contributed by atoms with Gasteiger partial charge in [-0.05, 0) is 35.4 Å². The highest BCUT2D eigenvalue weighted by Crippen LogP contribution is 2.22. The highest BCUT2D eigenvalue weighted by molar-refractivity contribution is 7.91. The van der Waals surface area contributed by atoms with Crippen molar-refractivity contribution in [2.24, 2.45) is 5.73 Å². The number of halogens is 2. The fraction of sp³-hybridized carbons (Fsp3) is 0.310. The quantitative estimate of drug-likeness (QED) is 0.197. The summed E-state index contributed by atoms with van der Waals surface area (Å²) in [7, 11) is -6.21. The van der Waals surface area contributed by atoms with Gasteiger partial charge in [0.2, 0.25) is 0 Å². The summed E-state index contributed by atoms with van der Waals surface area (Å²) >= 11 is 0. The molecule has 4 aromatic rings. The molecule has 0 spiro atoms. The fourth-order valence-corrected chi connectivity index (χ4v) is 8.73. The summed E-state index contributed by atoms with van der Waals surface area (Å²) in [5, 5.41) is 1.87. The zero-order valence-electron chi connectivity index (χ0n) is 33.1. The average Bonchev–Trinajstić information content (AvgIpc) is 3.27. The van der Waals surface area contributed by atoms with Gasteiger partial charge < -0.3 is 20.9 Å². The van der Waals surface area contributed by atoms with Gasteiger partial charge in [-0.3, -0.25) is 24.2 Å². The number of nitrogens with two attached hydrogens (primary N) is 1. The number of nitrogens with one attached hydrogen (secondary N) is 1. The molecule has 0 aromatic heterocycles. The van der Waals surface area contributed by atoms with Gasteiger partial charge in [-0.1, -0.05) is 84.9 Å². The van der Waals surface area contributed by atoms with Crippen molar-refractivity contribution in [1.82, 2.24) is 15.1 Å². The third-order valence-electron chi connectivity index (χ3n) is 9.87. The number of alkyl halides is 2. The van der Waals surface area contributed by atoms with Crippen LogP contribution in [0.5, 0.6) is 0 Å². The first kappa shape index (κ1) is 46.0. The van der Waals surface area contributed by atoms with Crippen LogP contribution >= 0.6 is 0 Å². The lowest BCUT2D eigenvalue weighted by Gasteiger charge is -2.33. The van der Waals surface area contributed by atoms with Crippen LogP contribution in [0.25, 0.3) is 0 Å². The van der Waals surface area contributed by atoms with Crippen LogP contribution in [-0.2, 0) is 37.6 Å². The van der Waals surface area contributed by atoms with Gasteiger partial charge in [0.1, 0.15) is 0 Å². The second kappa shape index (κ2) is 21.0. The van der Waals surface area contributed by atoms with Crippen molar-refractivity contribution >= 4 is 60.6 Å². The molecule has 0 saturated carbocycles. The molecule has 0 bridgehead atoms. The van der Waals surface area contributed by atoms with Crippen LogP contribution in [-0.4, -0.2) is 125 Å². The molecular formula is C42H46F2N6O9S2. The number of carbonyl (C=O) groups excluding carboxylic acids is 5. The number of Topliss-reactive ketones (excluding diaryl/α,β-unsaturated/α-hetero) is 2. The van der Waals surface area contributed by atoms with E-state index in [9.17, 15) is 49.6 Å². The van der Waals surface area contributed by atoms with Crippen LogP contribution in [0.2, 0.25) is 0 Å². The van der Waals surface area contributed by atoms with E-state index in [2.05, 4.69) is 0 Å². The number of benzene rings is 4. The van der Waals surface area contributed by atoms with E-state index in [0.29, 0.717) is 23.4 Å². The Kier molecular flexibility index (Phi) is 15.8. The first-order valence-corrected chi connectivity index (χ1v) is 22.8. The maximum Gasteiger partial charge on any atom is 0.324 e. The normalized spacial score (nSPS) is 15.5. The summed E-state index contributed by atoms with van der Waals surface area (Å²) in [5.74, 6) is -2.38. The highest BCUT2D eigenvalue weighted by atomic mass is 32.2. The van der Waals surface area contributed by atoms with E-state index in [1.54, 1.807) is 70.5 Å². The number of carbonyl (C=O) groups is 5. The van der Waals surface area contributed by atoms with Gasteiger partial charge >= 0.3 is 18.5 Å². The van der Waals surface area contributed by atoms with Gasteiger partial charge in [0, 0.05) is 48.7 Å². The Morgan fingerprint density at radius 2 is 0.934 bits per heavy atom. The molecule has 19 heteroatoms. The molecule has 2 aliphatic heterocycles. The van der Waals surface area contributed by atoms with Crippen LogP contribution in [0, 0.1) is 0 Å². The Labute approximate surface area is 352 Å². The number of nitrogens with zero attached hydrogens (tertiary/aromatic N) is 4. The number of hydrogen-bond donors (Lipinski definition) is 2. The Balaban J connectivity index is 0.000000234. The molecule has 2 fully saturated rings. The number of para-hydroxylation sites is 2. The minimum absolute atomic E-state index is 0.0166. The topological polar surface area (TPSA) is 205 Å². The summed E-state index contributed by atoms with van der Waals surface area (Å²) in [5.41, 5.74) is 9.06. The van der Waals surface area contributed by atoms with E-state index in [1.807, 2.05) is 41.7 Å². The van der Waals surface area contributed by atoms with E-state index in [-0.39, 0.29) is 85.7 Å². The summed E-state index contributed by atoms with van der Waals surface area (Å²) in [4.78, 5) is 67.3. The molecule has 0 aliphatic carbocycles. The molecule has 0 atom stereocenters. The van der Waals surface area contributed by atoms with E-state index >= 15 is 0 Å². The van der Waals surface area contributed by atoms with Gasteiger partial charge in [0.25, 0.3) is 5.91 Å². The number of urea groups is 2. The van der Waals surface area contributed by atoms with Crippen molar-refractivity contribution in [3.05, 3.63) is 131 Å². The molecule has 2 heterocycles. The second-order valence-corrected chi connectivity index (χ2v) is 18.8. The minimum atomic E-state index is -3.19. The van der Waals surface area contributed by atoms with Crippen molar-refractivity contribution in [3.8, 4) is 0 Å². The predicted molar refractivity (Wildman–Crippen MR) is 226 cm³/mol. The molecular weight excluding hydrogens is 835 g/mol. The lowest BCUT2D eigenvalue weighted by atomic mass is 10.1. The molecule has 5 amide bonds. The molecule has 324 valence electrons. The molecule has 0 unspecified atom stereocenters. The van der Waals surface area contributed by atoms with Crippen LogP contribution in [0.1, 0.15) is 31.8 Å². The van der Waals surface area contributed by atoms with Gasteiger partial charge in [0.15, 0.2) is 31.2 Å². The number of amides is 5. The number of rotatable bonds is 12. The molecule has 0 radical (unpaired) electrons. The Morgan fingerprint density at radius 1 is 0.574 bits per heavy atom. The van der Waals surface area contributed by atoms with E-state index < -0.39 is 44.3 Å². The summed E-state index contributed by atoms with van der Waals surface area (Å²) in [6, 6.07) is 30.8. The maximum atomic E-state index is 13.2. The fourth-order valence-electron chi connectivity index (χ4n) is 6.33. The maximum absolute atomic E-state index is 13.2. The van der Waals surface area contributed by atoms with Crippen molar-refractivity contribution in [2.75, 3.05) is 72.1 Å². The summed E-state index contributed by atoms with van der Waals surface area (Å²) < 4.78 is 71.3. The SMILES string of the molecule is NCC(=O)c1ccc(CN(C(=O)N2CCS(=O)(=O)CC2)c2ccccc2)cc1.O=C(CNC(=O)C(F)F)c1ccc(CN(C(=O)N2CCS(=O)(=O)CC2)c2ccccc2)cc1. The smallest absolute Gasteiger partial charge is 0.324 e. The van der Waals surface area contributed by atoms with E-state index in [0.717, 1.165) is 11.3 Å². The largest absolute Gasteiger partial charge is 0.344 e. The van der Waals surface area contributed by atoms with Crippen LogP contribution in [0.15, 0.2) is 109 Å². The lowest BCUT2D eigenvalue weighted by molar-refractivity contribution is -0.131. The van der Waals surface area contributed by atoms with Gasteiger partial charge in [-0.2, -0.15) is 8.78 Å². The van der Waals surface area contributed by atoms with Crippen molar-refractivity contribution < 1.29 is 49.6 Å². The minimum Gasteiger partial charge on any atom is -0.344 e. The Bertz CT molecular complexity index is 2360. The van der Waals surface area contributed by atoms with Gasteiger partial charge in [-0.25, -0.2) is 26.4 Å². The molecule has 15 nitrogen and oxygen atoms in total. The molecule has 6 rings (SSSR count). The lowest BCUT2D eigenvalue weighted by Crippen LogP contribution is -2.49. The highest BCUT2D eigenvalue weighted by Gasteiger charge is 2.30. The molecule has 2 aliphatic rings. The number of sulfone groups is 2. The number of hydrogen-bond acceptors (Lipinski definition) is 10. The molecule has 3 N–H and O–H groups in total. The zero-order valence-corrected chi connectivity index (χ0v) is 34.7. The van der Waals surface area contributed by atoms with Gasteiger partial charge in [-0.15, -0.1) is 0 Å². The van der Waals surface area contributed by atoms with Crippen LogP contribution in [0.4, 0.5) is 29.7 Å². The first-order valence-electron chi connectivity index (χ1n) is 19.2. The summed E-state index contributed by atoms with van der Waals surface area (Å²) in [6.45, 7) is 0.486. The molecule has 61 heavy (non-hydrogen) atoms. The molecule has 4 aromatic carbocycles. The van der Waals surface area contributed by atoms with E-state index in [4.69, 9.17) is 5.73 Å². The van der Waals surface area contributed by atoms with Crippen LogP contribution in [0.3, 0.4) is 0 Å². The van der Waals surface area contributed by atoms with Crippen molar-refractivity contribution in [1.29, 1.82) is 0 Å². The third kappa shape index (κ3) is 13.2. The monoisotopic (exact) mass is 880 g/mol. The summed E-state index contributed by atoms with van der Waals surface area (Å²) in [6.07, 6.45) is -3.19. The second-order valence-electron chi connectivity index (χ2n) is 14.1. The first-order chi connectivity index (χ1) is 29.1. The Hall–Kier alpha value is -6.05. The third-order valence-corrected chi connectivity index (χ3v) is 13.1. The number of ketones is 2. The van der Waals surface area contributed by atoms with Crippen molar-refractivity contribution in [3.63, 3.8) is 0 Å². The van der Waals surface area contributed by atoms with Crippen LogP contribution < -0.4 is 20.9 Å². The van der Waals surface area contributed by atoms with E-state index in [1.165, 1.54) is 21.9 Å².